The van der Waals surface area contributed by atoms with E-state index in [0.717, 1.165) is 12.8 Å². The second kappa shape index (κ2) is 4.48. The monoisotopic (exact) mass is 190 g/mol. The summed E-state index contributed by atoms with van der Waals surface area (Å²) in [4.78, 5) is 11.0. The lowest BCUT2D eigenvalue weighted by Gasteiger charge is -2.08. The Morgan fingerprint density at radius 1 is 1.83 bits per heavy atom. The molecule has 1 heterocycles. The van der Waals surface area contributed by atoms with E-state index < -0.39 is 12.1 Å². The fourth-order valence-electron chi connectivity index (χ4n) is 0.999. The van der Waals surface area contributed by atoms with Gasteiger partial charge < -0.3 is 9.47 Å². The van der Waals surface area contributed by atoms with Crippen molar-refractivity contribution in [1.82, 2.24) is 0 Å². The second-order valence-corrected chi connectivity index (χ2v) is 3.02. The zero-order valence-corrected chi connectivity index (χ0v) is 7.63. The van der Waals surface area contributed by atoms with E-state index in [-0.39, 0.29) is 0 Å². The number of carbonyl (C=O) groups is 1. The van der Waals surface area contributed by atoms with Gasteiger partial charge in [0.1, 0.15) is 0 Å². The van der Waals surface area contributed by atoms with Crippen LogP contribution in [0.25, 0.3) is 0 Å². The molecule has 0 amide bonds. The van der Waals surface area contributed by atoms with Gasteiger partial charge in [0.15, 0.2) is 6.10 Å². The SMILES string of the molecule is COC(=O)C1C=C(Cl)CCCO1. The van der Waals surface area contributed by atoms with Gasteiger partial charge in [-0.05, 0) is 18.9 Å². The number of esters is 1. The van der Waals surface area contributed by atoms with Crippen LogP contribution in [-0.2, 0) is 14.3 Å². The van der Waals surface area contributed by atoms with Gasteiger partial charge in [-0.25, -0.2) is 4.79 Å². The van der Waals surface area contributed by atoms with Gasteiger partial charge in [0.05, 0.1) is 7.11 Å². The van der Waals surface area contributed by atoms with Gasteiger partial charge in [0.2, 0.25) is 0 Å². The molecule has 0 aromatic carbocycles. The molecule has 0 saturated heterocycles. The number of methoxy groups -OCH3 is 1. The average Bonchev–Trinajstić information content (AvgIpc) is 2.28. The van der Waals surface area contributed by atoms with Gasteiger partial charge in [-0.2, -0.15) is 0 Å². The van der Waals surface area contributed by atoms with E-state index in [2.05, 4.69) is 4.74 Å². The molecule has 0 spiro atoms. The van der Waals surface area contributed by atoms with Crippen LogP contribution in [-0.4, -0.2) is 25.8 Å². The van der Waals surface area contributed by atoms with Crippen molar-refractivity contribution >= 4 is 17.6 Å². The predicted octanol–water partition coefficient (Wildman–Crippen LogP) is 1.46. The van der Waals surface area contributed by atoms with E-state index in [0.29, 0.717) is 11.6 Å². The van der Waals surface area contributed by atoms with Crippen LogP contribution in [0.3, 0.4) is 0 Å². The summed E-state index contributed by atoms with van der Waals surface area (Å²) in [5, 5.41) is 0.669. The molecule has 1 aliphatic heterocycles. The highest BCUT2D eigenvalue weighted by molar-refractivity contribution is 6.29. The Balaban J connectivity index is 2.62. The van der Waals surface area contributed by atoms with Crippen molar-refractivity contribution in [2.75, 3.05) is 13.7 Å². The maximum absolute atomic E-state index is 11.0. The Bertz CT molecular complexity index is 200. The molecule has 1 aliphatic rings. The zero-order valence-electron chi connectivity index (χ0n) is 6.88. The summed E-state index contributed by atoms with van der Waals surface area (Å²) in [6.45, 7) is 0.548. The first-order valence-electron chi connectivity index (χ1n) is 3.79. The third-order valence-corrected chi connectivity index (χ3v) is 1.94. The van der Waals surface area contributed by atoms with Crippen molar-refractivity contribution in [3.63, 3.8) is 0 Å². The lowest BCUT2D eigenvalue weighted by molar-refractivity contribution is -0.150. The van der Waals surface area contributed by atoms with Crippen LogP contribution in [0, 0.1) is 0 Å². The molecule has 3 nitrogen and oxygen atoms in total. The Labute approximate surface area is 76.3 Å². The summed E-state index contributed by atoms with van der Waals surface area (Å²) < 4.78 is 9.72. The molecule has 0 radical (unpaired) electrons. The molecule has 0 N–H and O–H groups in total. The van der Waals surface area contributed by atoms with Gasteiger partial charge in [-0.15, -0.1) is 0 Å². The molecule has 0 saturated carbocycles. The van der Waals surface area contributed by atoms with E-state index in [1.807, 2.05) is 0 Å². The van der Waals surface area contributed by atoms with Crippen LogP contribution in [0.2, 0.25) is 0 Å². The first kappa shape index (κ1) is 9.55. The predicted molar refractivity (Wildman–Crippen MR) is 44.9 cm³/mol. The fourth-order valence-corrected chi connectivity index (χ4v) is 1.25. The van der Waals surface area contributed by atoms with Crippen LogP contribution in [0.4, 0.5) is 0 Å². The van der Waals surface area contributed by atoms with E-state index in [9.17, 15) is 4.79 Å². The highest BCUT2D eigenvalue weighted by atomic mass is 35.5. The van der Waals surface area contributed by atoms with Crippen molar-refractivity contribution in [2.45, 2.75) is 18.9 Å². The summed E-state index contributed by atoms with van der Waals surface area (Å²) in [5.74, 6) is -0.393. The Hall–Kier alpha value is -0.540. The molecule has 1 rings (SSSR count). The summed E-state index contributed by atoms with van der Waals surface area (Å²) in [7, 11) is 1.33. The first-order valence-corrected chi connectivity index (χ1v) is 4.17. The number of hydrogen-bond acceptors (Lipinski definition) is 3. The minimum absolute atomic E-state index is 0.393. The number of halogens is 1. The molecule has 0 aromatic rings. The molecule has 0 aliphatic carbocycles. The normalized spacial score (nSPS) is 24.2. The molecule has 0 bridgehead atoms. The Morgan fingerprint density at radius 3 is 3.25 bits per heavy atom. The molecular formula is C8H11ClO3. The minimum Gasteiger partial charge on any atom is -0.467 e. The molecule has 1 unspecified atom stereocenters. The maximum Gasteiger partial charge on any atom is 0.339 e. The van der Waals surface area contributed by atoms with Crippen LogP contribution in [0.5, 0.6) is 0 Å². The maximum atomic E-state index is 11.0. The smallest absolute Gasteiger partial charge is 0.339 e. The lowest BCUT2D eigenvalue weighted by atomic mass is 10.3. The van der Waals surface area contributed by atoms with Gasteiger partial charge in [-0.1, -0.05) is 11.6 Å². The molecule has 68 valence electrons. The van der Waals surface area contributed by atoms with Crippen molar-refractivity contribution in [1.29, 1.82) is 0 Å². The number of ether oxygens (including phenoxy) is 2. The number of allylic oxidation sites excluding steroid dienone is 1. The summed E-state index contributed by atoms with van der Waals surface area (Å²) in [5.41, 5.74) is 0. The van der Waals surface area contributed by atoms with Crippen molar-refractivity contribution in [3.8, 4) is 0 Å². The van der Waals surface area contributed by atoms with Crippen LogP contribution < -0.4 is 0 Å². The minimum atomic E-state index is -0.620. The van der Waals surface area contributed by atoms with E-state index in [1.54, 1.807) is 6.08 Å². The van der Waals surface area contributed by atoms with Crippen molar-refractivity contribution in [2.24, 2.45) is 0 Å². The van der Waals surface area contributed by atoms with Gasteiger partial charge in [-0.3, -0.25) is 0 Å². The summed E-state index contributed by atoms with van der Waals surface area (Å²) in [6, 6.07) is 0. The topological polar surface area (TPSA) is 35.5 Å². The summed E-state index contributed by atoms with van der Waals surface area (Å²) in [6.07, 6.45) is 2.60. The molecule has 0 fully saturated rings. The molecule has 12 heavy (non-hydrogen) atoms. The van der Waals surface area contributed by atoms with Gasteiger partial charge >= 0.3 is 5.97 Å². The van der Waals surface area contributed by atoms with Crippen molar-refractivity contribution in [3.05, 3.63) is 11.1 Å². The quantitative estimate of drug-likeness (QED) is 0.588. The Kier molecular flexibility index (Phi) is 3.56. The van der Waals surface area contributed by atoms with Gasteiger partial charge in [0.25, 0.3) is 0 Å². The standard InChI is InChI=1S/C8H11ClO3/c1-11-8(10)7-5-6(9)3-2-4-12-7/h5,7H,2-4H2,1H3. The number of hydrogen-bond donors (Lipinski definition) is 0. The van der Waals surface area contributed by atoms with Crippen LogP contribution in [0.15, 0.2) is 11.1 Å². The highest BCUT2D eigenvalue weighted by Gasteiger charge is 2.19. The van der Waals surface area contributed by atoms with E-state index in [1.165, 1.54) is 7.11 Å². The molecular weight excluding hydrogens is 180 g/mol. The highest BCUT2D eigenvalue weighted by Crippen LogP contribution is 2.17. The van der Waals surface area contributed by atoms with Crippen molar-refractivity contribution < 1.29 is 14.3 Å². The number of carbonyl (C=O) groups excluding carboxylic acids is 1. The Morgan fingerprint density at radius 2 is 2.58 bits per heavy atom. The van der Waals surface area contributed by atoms with Crippen LogP contribution >= 0.6 is 11.6 Å². The average molecular weight is 191 g/mol. The molecule has 0 aromatic heterocycles. The van der Waals surface area contributed by atoms with Gasteiger partial charge in [0, 0.05) is 11.6 Å². The zero-order chi connectivity index (χ0) is 8.97. The third-order valence-electron chi connectivity index (χ3n) is 1.62. The number of rotatable bonds is 1. The van der Waals surface area contributed by atoms with E-state index >= 15 is 0 Å². The third kappa shape index (κ3) is 2.50. The molecule has 1 atom stereocenters. The summed E-state index contributed by atoms with van der Waals surface area (Å²) >= 11 is 5.79. The first-order chi connectivity index (χ1) is 5.74. The lowest BCUT2D eigenvalue weighted by Crippen LogP contribution is -2.23. The fraction of sp³-hybridized carbons (Fsp3) is 0.625. The second-order valence-electron chi connectivity index (χ2n) is 2.53. The van der Waals surface area contributed by atoms with Crippen LogP contribution in [0.1, 0.15) is 12.8 Å². The molecule has 4 heteroatoms. The van der Waals surface area contributed by atoms with E-state index in [4.69, 9.17) is 16.3 Å². The largest absolute Gasteiger partial charge is 0.467 e.